The molecule has 0 radical (unpaired) electrons. The molecule has 2 rings (SSSR count). The van der Waals surface area contributed by atoms with Crippen molar-refractivity contribution in [3.05, 3.63) is 0 Å². The van der Waals surface area contributed by atoms with Gasteiger partial charge in [-0.15, -0.1) is 0 Å². The molecule has 0 unspecified atom stereocenters. The Morgan fingerprint density at radius 3 is 2.28 bits per heavy atom. The zero-order valence-corrected chi connectivity index (χ0v) is 10.5. The molecule has 18 heavy (non-hydrogen) atoms. The molecule has 2 aliphatic rings. The van der Waals surface area contributed by atoms with Crippen molar-refractivity contribution in [3.8, 4) is 0 Å². The fourth-order valence-electron chi connectivity index (χ4n) is 2.43. The Hall–Kier alpha value is -1.14. The van der Waals surface area contributed by atoms with Crippen molar-refractivity contribution >= 4 is 11.9 Å². The Kier molecular flexibility index (Phi) is 4.54. The maximum atomic E-state index is 12.0. The van der Waals surface area contributed by atoms with Crippen LogP contribution in [0.2, 0.25) is 0 Å². The van der Waals surface area contributed by atoms with Crippen molar-refractivity contribution in [2.45, 2.75) is 12.8 Å². The summed E-state index contributed by atoms with van der Waals surface area (Å²) in [7, 11) is 0. The zero-order chi connectivity index (χ0) is 13.0. The Bertz CT molecular complexity index is 307. The Morgan fingerprint density at radius 1 is 1.11 bits per heavy atom. The number of aliphatic carboxylic acids is 1. The zero-order valence-electron chi connectivity index (χ0n) is 10.5. The normalized spacial score (nSPS) is 23.0. The maximum absolute atomic E-state index is 12.0. The molecular formula is C12H20N2O4. The van der Waals surface area contributed by atoms with E-state index in [0.717, 1.165) is 13.1 Å². The molecule has 2 aliphatic heterocycles. The molecule has 2 saturated heterocycles. The highest BCUT2D eigenvalue weighted by Gasteiger charge is 2.27. The summed E-state index contributed by atoms with van der Waals surface area (Å²) in [6.07, 6.45) is 1.15. The third-order valence-electron chi connectivity index (χ3n) is 3.66. The molecule has 2 fully saturated rings. The number of amides is 1. The summed E-state index contributed by atoms with van der Waals surface area (Å²) in [5.74, 6) is -0.909. The molecule has 1 N–H and O–H groups in total. The molecule has 0 spiro atoms. The fourth-order valence-corrected chi connectivity index (χ4v) is 2.43. The van der Waals surface area contributed by atoms with E-state index in [1.165, 1.54) is 0 Å². The third kappa shape index (κ3) is 3.43. The molecular weight excluding hydrogens is 236 g/mol. The summed E-state index contributed by atoms with van der Waals surface area (Å²) in [6, 6.07) is 0. The van der Waals surface area contributed by atoms with E-state index in [1.807, 2.05) is 0 Å². The molecule has 6 nitrogen and oxygen atoms in total. The monoisotopic (exact) mass is 256 g/mol. The van der Waals surface area contributed by atoms with E-state index in [0.29, 0.717) is 45.7 Å². The van der Waals surface area contributed by atoms with Gasteiger partial charge in [0.05, 0.1) is 25.7 Å². The number of carboxylic acid groups (broad SMARTS) is 1. The first kappa shape index (κ1) is 13.3. The number of hydrogen-bond acceptors (Lipinski definition) is 4. The fraction of sp³-hybridized carbons (Fsp3) is 0.833. The van der Waals surface area contributed by atoms with Crippen molar-refractivity contribution < 1.29 is 19.4 Å². The van der Waals surface area contributed by atoms with Crippen LogP contribution >= 0.6 is 0 Å². The number of carboxylic acids is 1. The van der Waals surface area contributed by atoms with E-state index >= 15 is 0 Å². The number of carbonyl (C=O) groups is 2. The van der Waals surface area contributed by atoms with Gasteiger partial charge in [-0.25, -0.2) is 0 Å². The standard InChI is InChI=1S/C12H20N2O4/c15-11(9-13-5-7-18-8-6-13)14-3-1-10(2-4-14)12(16)17/h10H,1-9H2,(H,16,17). The van der Waals surface area contributed by atoms with Crippen LogP contribution in [0, 0.1) is 5.92 Å². The highest BCUT2D eigenvalue weighted by atomic mass is 16.5. The van der Waals surface area contributed by atoms with Gasteiger partial charge < -0.3 is 14.7 Å². The number of hydrogen-bond donors (Lipinski definition) is 1. The lowest BCUT2D eigenvalue weighted by Gasteiger charge is -2.33. The van der Waals surface area contributed by atoms with E-state index < -0.39 is 5.97 Å². The van der Waals surface area contributed by atoms with Crippen LogP contribution < -0.4 is 0 Å². The van der Waals surface area contributed by atoms with Crippen LogP contribution in [0.4, 0.5) is 0 Å². The van der Waals surface area contributed by atoms with Crippen LogP contribution in [0.5, 0.6) is 0 Å². The first-order valence-corrected chi connectivity index (χ1v) is 6.47. The van der Waals surface area contributed by atoms with Gasteiger partial charge in [-0.3, -0.25) is 14.5 Å². The Balaban J connectivity index is 1.75. The van der Waals surface area contributed by atoms with Gasteiger partial charge in [-0.1, -0.05) is 0 Å². The largest absolute Gasteiger partial charge is 0.481 e. The number of ether oxygens (including phenoxy) is 1. The Labute approximate surface area is 106 Å². The van der Waals surface area contributed by atoms with Crippen LogP contribution in [0.15, 0.2) is 0 Å². The first-order valence-electron chi connectivity index (χ1n) is 6.47. The first-order chi connectivity index (χ1) is 8.66. The van der Waals surface area contributed by atoms with E-state index in [1.54, 1.807) is 4.90 Å². The number of carbonyl (C=O) groups excluding carboxylic acids is 1. The van der Waals surface area contributed by atoms with E-state index in [2.05, 4.69) is 4.90 Å². The van der Waals surface area contributed by atoms with Crippen LogP contribution in [0.3, 0.4) is 0 Å². The predicted octanol–water partition coefficient (Wildman–Crippen LogP) is -0.358. The number of nitrogens with zero attached hydrogens (tertiary/aromatic N) is 2. The highest BCUT2D eigenvalue weighted by Crippen LogP contribution is 2.17. The van der Waals surface area contributed by atoms with Crippen molar-refractivity contribution in [2.75, 3.05) is 45.9 Å². The molecule has 0 aromatic heterocycles. The van der Waals surface area contributed by atoms with Crippen molar-refractivity contribution in [1.29, 1.82) is 0 Å². The van der Waals surface area contributed by atoms with Crippen molar-refractivity contribution in [1.82, 2.24) is 9.80 Å². The van der Waals surface area contributed by atoms with Crippen LogP contribution in [0.25, 0.3) is 0 Å². The third-order valence-corrected chi connectivity index (χ3v) is 3.66. The quantitative estimate of drug-likeness (QED) is 0.747. The molecule has 0 atom stereocenters. The van der Waals surface area contributed by atoms with Gasteiger partial charge in [0.25, 0.3) is 0 Å². The summed E-state index contributed by atoms with van der Waals surface area (Å²) in [5.41, 5.74) is 0. The summed E-state index contributed by atoms with van der Waals surface area (Å²) in [6.45, 7) is 4.55. The summed E-state index contributed by atoms with van der Waals surface area (Å²) >= 11 is 0. The second kappa shape index (κ2) is 6.15. The molecule has 0 aliphatic carbocycles. The number of likely N-dealkylation sites (tertiary alicyclic amines) is 1. The van der Waals surface area contributed by atoms with E-state index in [4.69, 9.17) is 9.84 Å². The average molecular weight is 256 g/mol. The molecule has 0 aromatic carbocycles. The van der Waals surface area contributed by atoms with Crippen LogP contribution in [-0.4, -0.2) is 72.7 Å². The molecule has 1 amide bonds. The number of morpholine rings is 1. The molecule has 0 bridgehead atoms. The maximum Gasteiger partial charge on any atom is 0.306 e. The van der Waals surface area contributed by atoms with Crippen LogP contribution in [0.1, 0.15) is 12.8 Å². The van der Waals surface area contributed by atoms with Crippen molar-refractivity contribution in [2.24, 2.45) is 5.92 Å². The van der Waals surface area contributed by atoms with Gasteiger partial charge in [-0.2, -0.15) is 0 Å². The summed E-state index contributed by atoms with van der Waals surface area (Å²) < 4.78 is 5.24. The van der Waals surface area contributed by atoms with Gasteiger partial charge in [0, 0.05) is 26.2 Å². The number of piperidine rings is 1. The average Bonchev–Trinajstić information content (AvgIpc) is 2.40. The van der Waals surface area contributed by atoms with Crippen molar-refractivity contribution in [3.63, 3.8) is 0 Å². The molecule has 0 saturated carbocycles. The summed E-state index contributed by atoms with van der Waals surface area (Å²) in [4.78, 5) is 26.7. The lowest BCUT2D eigenvalue weighted by Crippen LogP contribution is -2.47. The van der Waals surface area contributed by atoms with Gasteiger partial charge in [-0.05, 0) is 12.8 Å². The second-order valence-corrected chi connectivity index (χ2v) is 4.88. The predicted molar refractivity (Wildman–Crippen MR) is 64.2 cm³/mol. The minimum atomic E-state index is -0.740. The molecule has 0 aromatic rings. The van der Waals surface area contributed by atoms with Gasteiger partial charge in [0.2, 0.25) is 5.91 Å². The minimum absolute atomic E-state index is 0.112. The molecule has 6 heteroatoms. The highest BCUT2D eigenvalue weighted by molar-refractivity contribution is 5.79. The number of rotatable bonds is 3. The van der Waals surface area contributed by atoms with Crippen LogP contribution in [-0.2, 0) is 14.3 Å². The van der Waals surface area contributed by atoms with E-state index in [-0.39, 0.29) is 11.8 Å². The Morgan fingerprint density at radius 2 is 1.72 bits per heavy atom. The van der Waals surface area contributed by atoms with E-state index in [9.17, 15) is 9.59 Å². The minimum Gasteiger partial charge on any atom is -0.481 e. The topological polar surface area (TPSA) is 70.1 Å². The SMILES string of the molecule is O=C(O)C1CCN(C(=O)CN2CCOCC2)CC1. The van der Waals surface area contributed by atoms with Gasteiger partial charge in [0.1, 0.15) is 0 Å². The summed E-state index contributed by atoms with van der Waals surface area (Å²) in [5, 5.41) is 8.90. The molecule has 2 heterocycles. The second-order valence-electron chi connectivity index (χ2n) is 4.88. The lowest BCUT2D eigenvalue weighted by molar-refractivity contribution is -0.146. The smallest absolute Gasteiger partial charge is 0.306 e. The van der Waals surface area contributed by atoms with Gasteiger partial charge >= 0.3 is 5.97 Å². The molecule has 102 valence electrons. The van der Waals surface area contributed by atoms with Gasteiger partial charge in [0.15, 0.2) is 0 Å². The lowest BCUT2D eigenvalue weighted by atomic mass is 9.97.